The van der Waals surface area contributed by atoms with Gasteiger partial charge in [0.25, 0.3) is 0 Å². The molecule has 0 amide bonds. The molecule has 0 nitrogen and oxygen atoms in total. The summed E-state index contributed by atoms with van der Waals surface area (Å²) in [6.07, 6.45) is 9.94. The van der Waals surface area contributed by atoms with E-state index in [4.69, 9.17) is 0 Å². The second-order valence-corrected chi connectivity index (χ2v) is 7.25. The number of rotatable bonds is 0. The zero-order valence-corrected chi connectivity index (χ0v) is 12.5. The summed E-state index contributed by atoms with van der Waals surface area (Å²) in [5.74, 6) is 0. The topological polar surface area (TPSA) is 0 Å². The third-order valence-electron chi connectivity index (χ3n) is 5.15. The van der Waals surface area contributed by atoms with Gasteiger partial charge in [0, 0.05) is 10.2 Å². The summed E-state index contributed by atoms with van der Waals surface area (Å²) >= 11 is 3.90. The highest BCUT2D eigenvalue weighted by Crippen LogP contribution is 2.59. The molecule has 1 heteroatoms. The van der Waals surface area contributed by atoms with Gasteiger partial charge in [0.2, 0.25) is 0 Å². The Morgan fingerprint density at radius 2 is 1.94 bits per heavy atom. The maximum Gasteiger partial charge on any atom is 0.0240 e. The summed E-state index contributed by atoms with van der Waals surface area (Å²) in [4.78, 5) is 0.621. The molecule has 16 heavy (non-hydrogen) atoms. The fourth-order valence-electron chi connectivity index (χ4n) is 3.48. The van der Waals surface area contributed by atoms with Crippen molar-refractivity contribution in [2.24, 2.45) is 10.8 Å². The van der Waals surface area contributed by atoms with Gasteiger partial charge in [-0.2, -0.15) is 0 Å². The molecule has 0 saturated heterocycles. The zero-order chi connectivity index (χ0) is 12.0. The zero-order valence-electron chi connectivity index (χ0n) is 10.9. The molecule has 0 aromatic carbocycles. The van der Waals surface area contributed by atoms with Gasteiger partial charge in [0.05, 0.1) is 0 Å². The van der Waals surface area contributed by atoms with Gasteiger partial charge in [0.15, 0.2) is 0 Å². The van der Waals surface area contributed by atoms with E-state index in [2.05, 4.69) is 55.8 Å². The quantitative estimate of drug-likeness (QED) is 0.421. The number of allylic oxidation sites excluding steroid dienone is 4. The van der Waals surface area contributed by atoms with E-state index < -0.39 is 0 Å². The average Bonchev–Trinajstić information content (AvgIpc) is 2.24. The van der Waals surface area contributed by atoms with E-state index in [1.807, 2.05) is 0 Å². The summed E-state index contributed by atoms with van der Waals surface area (Å²) in [5, 5.41) is 0. The van der Waals surface area contributed by atoms with E-state index in [1.54, 1.807) is 11.1 Å². The molecule has 0 unspecified atom stereocenters. The van der Waals surface area contributed by atoms with Crippen LogP contribution in [0.1, 0.15) is 53.4 Å². The van der Waals surface area contributed by atoms with Crippen LogP contribution in [-0.4, -0.2) is 4.83 Å². The summed E-state index contributed by atoms with van der Waals surface area (Å²) < 4.78 is 0. The summed E-state index contributed by atoms with van der Waals surface area (Å²) in [7, 11) is 0. The Labute approximate surface area is 108 Å². The Morgan fingerprint density at radius 3 is 2.50 bits per heavy atom. The Kier molecular flexibility index (Phi) is 3.11. The third kappa shape index (κ3) is 1.63. The van der Waals surface area contributed by atoms with Crippen molar-refractivity contribution in [1.82, 2.24) is 0 Å². The second kappa shape index (κ2) is 4.01. The first-order chi connectivity index (χ1) is 7.40. The maximum atomic E-state index is 3.90. The number of alkyl halides is 1. The lowest BCUT2D eigenvalue weighted by molar-refractivity contribution is 0.0835. The Hall–Kier alpha value is -0.0400. The predicted octanol–water partition coefficient (Wildman–Crippen LogP) is 5.24. The number of hydrogen-bond acceptors (Lipinski definition) is 0. The van der Waals surface area contributed by atoms with Gasteiger partial charge in [-0.15, -0.1) is 0 Å². The molecule has 0 N–H and O–H groups in total. The molecule has 2 aliphatic rings. The monoisotopic (exact) mass is 282 g/mol. The van der Waals surface area contributed by atoms with Gasteiger partial charge >= 0.3 is 0 Å². The summed E-state index contributed by atoms with van der Waals surface area (Å²) in [5.41, 5.74) is 3.96. The molecule has 0 aromatic heterocycles. The molecule has 0 aromatic rings. The van der Waals surface area contributed by atoms with Crippen LogP contribution in [0.2, 0.25) is 0 Å². The first-order valence-electron chi connectivity index (χ1n) is 6.37. The highest BCUT2D eigenvalue weighted by atomic mass is 79.9. The van der Waals surface area contributed by atoms with Crippen LogP contribution in [0, 0.1) is 10.8 Å². The van der Waals surface area contributed by atoms with Gasteiger partial charge in [-0.1, -0.05) is 53.1 Å². The molecule has 2 aliphatic carbocycles. The first-order valence-corrected chi connectivity index (χ1v) is 7.29. The van der Waals surface area contributed by atoms with Crippen molar-refractivity contribution >= 4 is 15.9 Å². The van der Waals surface area contributed by atoms with Crippen molar-refractivity contribution in [3.8, 4) is 0 Å². The molecular formula is C15H23Br. The molecular weight excluding hydrogens is 260 g/mol. The largest absolute Gasteiger partial charge is 0.0881 e. The van der Waals surface area contributed by atoms with Crippen LogP contribution in [0.15, 0.2) is 23.3 Å². The first kappa shape index (κ1) is 12.4. The fourth-order valence-corrected chi connectivity index (χ4v) is 4.11. The SMILES string of the molecule is CC1=CC[C@]2(CC1)C(C)=CC[C@H](Br)C2(C)C. The molecule has 0 radical (unpaired) electrons. The minimum Gasteiger partial charge on any atom is -0.0881 e. The molecule has 2 atom stereocenters. The maximum absolute atomic E-state index is 3.90. The van der Waals surface area contributed by atoms with Gasteiger partial charge in [-0.3, -0.25) is 0 Å². The Bertz CT molecular complexity index is 348. The van der Waals surface area contributed by atoms with Gasteiger partial charge < -0.3 is 0 Å². The molecule has 0 fully saturated rings. The summed E-state index contributed by atoms with van der Waals surface area (Å²) in [6, 6.07) is 0. The highest BCUT2D eigenvalue weighted by Gasteiger charge is 2.51. The van der Waals surface area contributed by atoms with Crippen molar-refractivity contribution in [2.75, 3.05) is 0 Å². The van der Waals surface area contributed by atoms with Crippen molar-refractivity contribution in [2.45, 2.75) is 58.2 Å². The van der Waals surface area contributed by atoms with E-state index in [0.717, 1.165) is 0 Å². The van der Waals surface area contributed by atoms with Crippen LogP contribution < -0.4 is 0 Å². The van der Waals surface area contributed by atoms with E-state index in [-0.39, 0.29) is 0 Å². The van der Waals surface area contributed by atoms with E-state index in [0.29, 0.717) is 15.7 Å². The lowest BCUT2D eigenvalue weighted by Gasteiger charge is -2.54. The third-order valence-corrected chi connectivity index (χ3v) is 6.67. The van der Waals surface area contributed by atoms with Crippen molar-refractivity contribution in [3.63, 3.8) is 0 Å². The van der Waals surface area contributed by atoms with Crippen molar-refractivity contribution in [3.05, 3.63) is 23.3 Å². The Balaban J connectivity index is 2.43. The molecule has 1 spiro atoms. The van der Waals surface area contributed by atoms with Crippen LogP contribution in [-0.2, 0) is 0 Å². The molecule has 0 saturated carbocycles. The highest BCUT2D eigenvalue weighted by molar-refractivity contribution is 9.09. The molecule has 0 bridgehead atoms. The van der Waals surface area contributed by atoms with Gasteiger partial charge in [-0.25, -0.2) is 0 Å². The average molecular weight is 283 g/mol. The van der Waals surface area contributed by atoms with E-state index in [1.165, 1.54) is 25.7 Å². The fraction of sp³-hybridized carbons (Fsp3) is 0.733. The van der Waals surface area contributed by atoms with Crippen LogP contribution in [0.5, 0.6) is 0 Å². The lowest BCUT2D eigenvalue weighted by Crippen LogP contribution is -2.47. The normalized spacial score (nSPS) is 38.2. The smallest absolute Gasteiger partial charge is 0.0240 e. The molecule has 0 heterocycles. The van der Waals surface area contributed by atoms with E-state index in [9.17, 15) is 0 Å². The summed E-state index contributed by atoms with van der Waals surface area (Å²) in [6.45, 7) is 9.50. The molecule has 90 valence electrons. The number of hydrogen-bond donors (Lipinski definition) is 0. The van der Waals surface area contributed by atoms with Crippen LogP contribution in [0.4, 0.5) is 0 Å². The predicted molar refractivity (Wildman–Crippen MR) is 74.9 cm³/mol. The lowest BCUT2D eigenvalue weighted by atomic mass is 9.52. The van der Waals surface area contributed by atoms with Gasteiger partial charge in [-0.05, 0) is 44.9 Å². The second-order valence-electron chi connectivity index (χ2n) is 6.15. The van der Waals surface area contributed by atoms with E-state index >= 15 is 0 Å². The molecule has 0 aliphatic heterocycles. The standard InChI is InChI=1S/C15H23Br/c1-11-7-9-15(10-8-11)12(2)5-6-13(16)14(15,3)4/h5,7,13H,6,8-10H2,1-4H3/t13-,15-/m0/s1. The van der Waals surface area contributed by atoms with Crippen LogP contribution in [0.3, 0.4) is 0 Å². The minimum atomic E-state index is 0.364. The minimum absolute atomic E-state index is 0.364. The van der Waals surface area contributed by atoms with Crippen molar-refractivity contribution in [1.29, 1.82) is 0 Å². The molecule has 2 rings (SSSR count). The van der Waals surface area contributed by atoms with Crippen LogP contribution >= 0.6 is 15.9 Å². The van der Waals surface area contributed by atoms with Crippen molar-refractivity contribution < 1.29 is 0 Å². The number of halogens is 1. The van der Waals surface area contributed by atoms with Gasteiger partial charge in [0.1, 0.15) is 0 Å². The Morgan fingerprint density at radius 1 is 1.25 bits per heavy atom. The van der Waals surface area contributed by atoms with Crippen LogP contribution in [0.25, 0.3) is 0 Å².